The molecule has 2 unspecified atom stereocenters. The van der Waals surface area contributed by atoms with Crippen LogP contribution in [0.2, 0.25) is 0 Å². The smallest absolute Gasteiger partial charge is 0.428 e. The van der Waals surface area contributed by atoms with Crippen LogP contribution in [-0.2, 0) is 19.2 Å². The largest absolute Gasteiger partial charge is 0.480 e. The maximum Gasteiger partial charge on any atom is 0.428 e. The third-order valence-electron chi connectivity index (χ3n) is 2.86. The predicted octanol–water partition coefficient (Wildman–Crippen LogP) is 0.806. The number of carbonyl (C=O) groups excluding carboxylic acids is 2. The number of carboxylic acids is 2. The van der Waals surface area contributed by atoms with E-state index < -0.39 is 70.1 Å². The third-order valence-corrected chi connectivity index (χ3v) is 4.95. The number of nitrogens with two attached hydrogens (primary N) is 1. The Balaban J connectivity index is 5.06. The molecular formula is C13H16Cl2F3N3O6S. The van der Waals surface area contributed by atoms with Crippen LogP contribution in [0, 0.1) is 0 Å². The first-order chi connectivity index (χ1) is 12.8. The van der Waals surface area contributed by atoms with E-state index in [1.54, 1.807) is 0 Å². The zero-order chi connectivity index (χ0) is 22.1. The summed E-state index contributed by atoms with van der Waals surface area (Å²) in [7, 11) is 0. The number of hydrogen-bond acceptors (Lipinski definition) is 6. The van der Waals surface area contributed by atoms with Crippen LogP contribution in [-0.4, -0.2) is 64.5 Å². The highest BCUT2D eigenvalue weighted by atomic mass is 35.5. The Kier molecular flexibility index (Phi) is 11.3. The van der Waals surface area contributed by atoms with Crippen LogP contribution >= 0.6 is 35.0 Å². The summed E-state index contributed by atoms with van der Waals surface area (Å²) >= 11 is 10.8. The average Bonchev–Trinajstić information content (AvgIpc) is 2.58. The van der Waals surface area contributed by atoms with E-state index in [2.05, 4.69) is 5.32 Å². The Hall–Kier alpha value is -1.70. The lowest BCUT2D eigenvalue weighted by Gasteiger charge is -2.18. The molecule has 0 fully saturated rings. The second kappa shape index (κ2) is 12.0. The number of aliphatic carboxylic acids is 2. The summed E-state index contributed by atoms with van der Waals surface area (Å²) in [4.78, 5) is 44.9. The molecule has 15 heteroatoms. The molecule has 0 saturated heterocycles. The summed E-state index contributed by atoms with van der Waals surface area (Å²) in [5, 5.41) is 19.7. The van der Waals surface area contributed by atoms with Crippen LogP contribution in [0.3, 0.4) is 0 Å². The molecule has 0 aliphatic rings. The number of halogens is 5. The Morgan fingerprint density at radius 1 is 1.14 bits per heavy atom. The Morgan fingerprint density at radius 2 is 1.71 bits per heavy atom. The minimum Gasteiger partial charge on any atom is -0.480 e. The van der Waals surface area contributed by atoms with Crippen molar-refractivity contribution in [1.29, 1.82) is 0 Å². The van der Waals surface area contributed by atoms with Crippen molar-refractivity contribution in [3.63, 3.8) is 0 Å². The number of allylic oxidation sites excluding steroid dienone is 1. The molecule has 0 heterocycles. The molecule has 0 aromatic rings. The zero-order valence-corrected chi connectivity index (χ0v) is 16.2. The van der Waals surface area contributed by atoms with Gasteiger partial charge in [0.1, 0.15) is 23.7 Å². The first-order valence-corrected chi connectivity index (χ1v) is 9.02. The van der Waals surface area contributed by atoms with Crippen LogP contribution < -0.4 is 16.4 Å². The van der Waals surface area contributed by atoms with Gasteiger partial charge in [-0.1, -0.05) is 23.2 Å². The van der Waals surface area contributed by atoms with E-state index in [9.17, 15) is 32.3 Å². The molecule has 0 saturated carbocycles. The molecule has 0 aliphatic heterocycles. The molecule has 2 amide bonds. The minimum atomic E-state index is -4.91. The minimum absolute atomic E-state index is 0.266. The number of alkyl halides is 3. The van der Waals surface area contributed by atoms with Crippen LogP contribution in [0.25, 0.3) is 0 Å². The number of hydrogen-bond donors (Lipinski definition) is 5. The number of nitrogens with one attached hydrogen (secondary N) is 2. The van der Waals surface area contributed by atoms with E-state index in [0.717, 1.165) is 0 Å². The molecule has 6 N–H and O–H groups in total. The van der Waals surface area contributed by atoms with Crippen molar-refractivity contribution < 1.29 is 42.6 Å². The third kappa shape index (κ3) is 10.6. The summed E-state index contributed by atoms with van der Waals surface area (Å²) in [6.07, 6.45) is -5.57. The zero-order valence-electron chi connectivity index (χ0n) is 13.9. The lowest BCUT2D eigenvalue weighted by Crippen LogP contribution is -2.49. The van der Waals surface area contributed by atoms with Crippen LogP contribution in [0.1, 0.15) is 12.8 Å². The Labute approximate surface area is 170 Å². The molecule has 9 nitrogen and oxygen atoms in total. The summed E-state index contributed by atoms with van der Waals surface area (Å²) < 4.78 is 36.6. The monoisotopic (exact) mass is 469 g/mol. The standard InChI is InChI=1S/C13H16Cl2F3N3O6S/c14-9(13(16,17)18)10(15)28-4-6(11(25)20-3-8(23)24)21-7(22)2-1-5(19)12(26)27/h5-6H,1-4,19H2,(H,20,25)(H,21,22)(H,23,24)(H,26,27). The summed E-state index contributed by atoms with van der Waals surface area (Å²) in [5.74, 6) is -5.07. The predicted molar refractivity (Wildman–Crippen MR) is 94.7 cm³/mol. The second-order valence-corrected chi connectivity index (χ2v) is 7.12. The van der Waals surface area contributed by atoms with Crippen molar-refractivity contribution in [2.45, 2.75) is 31.1 Å². The van der Waals surface area contributed by atoms with Gasteiger partial charge in [0.15, 0.2) is 0 Å². The normalized spacial score (nSPS) is 14.5. The summed E-state index contributed by atoms with van der Waals surface area (Å²) in [6, 6.07) is -2.80. The quantitative estimate of drug-likeness (QED) is 0.297. The molecule has 0 bridgehead atoms. The van der Waals surface area contributed by atoms with Crippen molar-refractivity contribution in [1.82, 2.24) is 10.6 Å². The van der Waals surface area contributed by atoms with Crippen molar-refractivity contribution in [2.24, 2.45) is 5.73 Å². The lowest BCUT2D eigenvalue weighted by molar-refractivity contribution is -0.139. The van der Waals surface area contributed by atoms with E-state index in [1.807, 2.05) is 5.32 Å². The second-order valence-electron chi connectivity index (χ2n) is 5.11. The molecule has 0 rings (SSSR count). The molecule has 160 valence electrons. The fourth-order valence-electron chi connectivity index (χ4n) is 1.48. The molecule has 28 heavy (non-hydrogen) atoms. The van der Waals surface area contributed by atoms with Gasteiger partial charge in [-0.15, -0.1) is 11.8 Å². The van der Waals surface area contributed by atoms with Crippen LogP contribution in [0.15, 0.2) is 9.40 Å². The van der Waals surface area contributed by atoms with Crippen LogP contribution in [0.5, 0.6) is 0 Å². The number of rotatable bonds is 11. The Morgan fingerprint density at radius 3 is 2.18 bits per heavy atom. The van der Waals surface area contributed by atoms with Gasteiger partial charge in [0.05, 0.1) is 4.36 Å². The average molecular weight is 470 g/mol. The van der Waals surface area contributed by atoms with E-state index in [0.29, 0.717) is 11.8 Å². The summed E-state index contributed by atoms with van der Waals surface area (Å²) in [5.41, 5.74) is 5.24. The van der Waals surface area contributed by atoms with Gasteiger partial charge in [0.25, 0.3) is 0 Å². The molecule has 2 atom stereocenters. The van der Waals surface area contributed by atoms with Crippen molar-refractivity contribution in [3.05, 3.63) is 9.40 Å². The van der Waals surface area contributed by atoms with E-state index in [4.69, 9.17) is 39.1 Å². The maximum atomic E-state index is 12.5. The maximum absolute atomic E-state index is 12.5. The molecule has 0 aliphatic carbocycles. The highest BCUT2D eigenvalue weighted by molar-refractivity contribution is 8.04. The highest BCUT2D eigenvalue weighted by Crippen LogP contribution is 2.37. The molecule has 0 radical (unpaired) electrons. The fraction of sp³-hybridized carbons (Fsp3) is 0.538. The topological polar surface area (TPSA) is 159 Å². The SMILES string of the molecule is NC(CCC(=O)NC(CSC(Cl)=C(Cl)C(F)(F)F)C(=O)NCC(=O)O)C(=O)O. The van der Waals surface area contributed by atoms with Gasteiger partial charge in [-0.2, -0.15) is 13.2 Å². The van der Waals surface area contributed by atoms with E-state index in [1.165, 1.54) is 0 Å². The van der Waals surface area contributed by atoms with Crippen molar-refractivity contribution in [3.8, 4) is 0 Å². The van der Waals surface area contributed by atoms with Crippen molar-refractivity contribution in [2.75, 3.05) is 12.3 Å². The van der Waals surface area contributed by atoms with Gasteiger partial charge in [-0.3, -0.25) is 19.2 Å². The number of amides is 2. The Bertz CT molecular complexity index is 647. The number of carboxylic acid groups (broad SMARTS) is 2. The molecule has 0 aromatic carbocycles. The molecular weight excluding hydrogens is 454 g/mol. The van der Waals surface area contributed by atoms with E-state index in [-0.39, 0.29) is 6.42 Å². The molecule has 0 spiro atoms. The van der Waals surface area contributed by atoms with Crippen LogP contribution in [0.4, 0.5) is 13.2 Å². The number of carbonyl (C=O) groups is 4. The summed E-state index contributed by atoms with van der Waals surface area (Å²) in [6.45, 7) is -0.799. The number of thioether (sulfide) groups is 1. The molecule has 0 aromatic heterocycles. The van der Waals surface area contributed by atoms with E-state index >= 15 is 0 Å². The van der Waals surface area contributed by atoms with Crippen molar-refractivity contribution >= 4 is 58.7 Å². The van der Waals surface area contributed by atoms with Gasteiger partial charge in [-0.05, 0) is 6.42 Å². The van der Waals surface area contributed by atoms with Gasteiger partial charge < -0.3 is 26.6 Å². The lowest BCUT2D eigenvalue weighted by atomic mass is 10.1. The van der Waals surface area contributed by atoms with Gasteiger partial charge >= 0.3 is 18.1 Å². The fourth-order valence-corrected chi connectivity index (χ4v) is 2.73. The van der Waals surface area contributed by atoms with Gasteiger partial charge in [0.2, 0.25) is 11.8 Å². The first-order valence-electron chi connectivity index (χ1n) is 7.28. The van der Waals surface area contributed by atoms with Gasteiger partial charge in [0, 0.05) is 12.2 Å². The van der Waals surface area contributed by atoms with Gasteiger partial charge in [-0.25, -0.2) is 0 Å². The highest BCUT2D eigenvalue weighted by Gasteiger charge is 2.35. The first kappa shape index (κ1) is 26.3.